The number of rotatable bonds is 3. The highest BCUT2D eigenvalue weighted by Crippen LogP contribution is 2.27. The molecule has 132 valence electrons. The van der Waals surface area contributed by atoms with E-state index >= 15 is 0 Å². The van der Waals surface area contributed by atoms with Gasteiger partial charge in [0.25, 0.3) is 5.91 Å². The zero-order chi connectivity index (χ0) is 18.0. The lowest BCUT2D eigenvalue weighted by molar-refractivity contribution is -0.131. The van der Waals surface area contributed by atoms with Gasteiger partial charge in [-0.25, -0.2) is 19.3 Å². The number of alkyl halides is 1. The molecule has 0 radical (unpaired) electrons. The average Bonchev–Trinajstić information content (AvgIpc) is 2.97. The number of carbonyl (C=O) groups is 2. The number of imide groups is 1. The van der Waals surface area contributed by atoms with Gasteiger partial charge >= 0.3 is 0 Å². The van der Waals surface area contributed by atoms with Crippen LogP contribution in [0.15, 0.2) is 47.2 Å². The molecule has 2 amide bonds. The van der Waals surface area contributed by atoms with Crippen LogP contribution in [-0.2, 0) is 9.59 Å². The van der Waals surface area contributed by atoms with E-state index in [9.17, 15) is 14.0 Å². The molecule has 0 aliphatic carbocycles. The number of hydrazine groups is 1. The summed E-state index contributed by atoms with van der Waals surface area (Å²) in [6, 6.07) is 4.23. The molecule has 0 spiro atoms. The number of aromatic nitrogens is 1. The SMILES string of the molecule is CC(=O)N(C(=O)C1CC(F)CN1N1C=CC=CC1)c1cccc(Br)n1. The Morgan fingerprint density at radius 1 is 1.36 bits per heavy atom. The van der Waals surface area contributed by atoms with Gasteiger partial charge in [-0.1, -0.05) is 18.2 Å². The van der Waals surface area contributed by atoms with Crippen LogP contribution < -0.4 is 4.90 Å². The minimum atomic E-state index is -1.13. The summed E-state index contributed by atoms with van der Waals surface area (Å²) in [6.45, 7) is 1.98. The number of carbonyl (C=O) groups excluding carboxylic acids is 2. The van der Waals surface area contributed by atoms with Gasteiger partial charge in [-0.05, 0) is 34.1 Å². The maximum absolute atomic E-state index is 14.1. The Morgan fingerprint density at radius 3 is 2.80 bits per heavy atom. The van der Waals surface area contributed by atoms with Crippen molar-refractivity contribution in [3.8, 4) is 0 Å². The van der Waals surface area contributed by atoms with Crippen LogP contribution in [0.1, 0.15) is 13.3 Å². The molecule has 8 heteroatoms. The fourth-order valence-corrected chi connectivity index (χ4v) is 3.36. The average molecular weight is 409 g/mol. The van der Waals surface area contributed by atoms with E-state index in [4.69, 9.17) is 0 Å². The standard InChI is InChI=1S/C17H18BrFN4O2/c1-12(24)23(16-7-5-6-15(18)20-16)17(25)14-10-13(19)11-22(14)21-8-3-2-4-9-21/h2-8,13-14H,9-11H2,1H3. The summed E-state index contributed by atoms with van der Waals surface area (Å²) in [6.07, 6.45) is 6.36. The highest BCUT2D eigenvalue weighted by molar-refractivity contribution is 9.10. The molecular formula is C17H18BrFN4O2. The van der Waals surface area contributed by atoms with Crippen molar-refractivity contribution in [3.05, 3.63) is 47.2 Å². The summed E-state index contributed by atoms with van der Waals surface area (Å²) in [7, 11) is 0. The number of pyridine rings is 1. The van der Waals surface area contributed by atoms with E-state index < -0.39 is 24.0 Å². The van der Waals surface area contributed by atoms with E-state index in [0.717, 1.165) is 4.90 Å². The summed E-state index contributed by atoms with van der Waals surface area (Å²) in [5, 5.41) is 3.48. The van der Waals surface area contributed by atoms with Crippen molar-refractivity contribution < 1.29 is 14.0 Å². The molecule has 2 aliphatic heterocycles. The van der Waals surface area contributed by atoms with Gasteiger partial charge in [0.15, 0.2) is 0 Å². The molecule has 25 heavy (non-hydrogen) atoms. The third-order valence-electron chi connectivity index (χ3n) is 4.10. The van der Waals surface area contributed by atoms with E-state index in [1.807, 2.05) is 18.2 Å². The molecular weight excluding hydrogens is 391 g/mol. The third-order valence-corrected chi connectivity index (χ3v) is 4.54. The highest BCUT2D eigenvalue weighted by Gasteiger charge is 2.42. The van der Waals surface area contributed by atoms with Crippen LogP contribution in [0, 0.1) is 0 Å². The summed E-state index contributed by atoms with van der Waals surface area (Å²) >= 11 is 3.24. The van der Waals surface area contributed by atoms with Crippen molar-refractivity contribution in [2.75, 3.05) is 18.0 Å². The van der Waals surface area contributed by atoms with Crippen molar-refractivity contribution in [1.82, 2.24) is 15.0 Å². The smallest absolute Gasteiger partial charge is 0.254 e. The number of halogens is 2. The number of allylic oxidation sites excluding steroid dienone is 2. The number of nitrogens with zero attached hydrogens (tertiary/aromatic N) is 4. The zero-order valence-corrected chi connectivity index (χ0v) is 15.3. The summed E-state index contributed by atoms with van der Waals surface area (Å²) in [5.74, 6) is -0.698. The molecule has 0 aromatic carbocycles. The quantitative estimate of drug-likeness (QED) is 0.718. The first-order chi connectivity index (χ1) is 12.0. The molecule has 1 fully saturated rings. The molecule has 1 aromatic heterocycles. The molecule has 1 saturated heterocycles. The monoisotopic (exact) mass is 408 g/mol. The number of amides is 2. The van der Waals surface area contributed by atoms with E-state index in [2.05, 4.69) is 20.9 Å². The van der Waals surface area contributed by atoms with E-state index in [0.29, 0.717) is 11.1 Å². The number of hydrogen-bond acceptors (Lipinski definition) is 5. The Kier molecular flexibility index (Phi) is 5.29. The Labute approximate surface area is 153 Å². The van der Waals surface area contributed by atoms with Crippen LogP contribution in [-0.4, -0.2) is 52.1 Å². The Bertz CT molecular complexity index is 739. The van der Waals surface area contributed by atoms with Crippen LogP contribution in [0.2, 0.25) is 0 Å². The van der Waals surface area contributed by atoms with Crippen molar-refractivity contribution >= 4 is 33.6 Å². The second-order valence-electron chi connectivity index (χ2n) is 5.87. The lowest BCUT2D eigenvalue weighted by Crippen LogP contribution is -2.52. The largest absolute Gasteiger partial charge is 0.308 e. The van der Waals surface area contributed by atoms with Crippen molar-refractivity contribution in [2.24, 2.45) is 0 Å². The van der Waals surface area contributed by atoms with Gasteiger partial charge in [0.2, 0.25) is 5.91 Å². The molecule has 2 unspecified atom stereocenters. The Morgan fingerprint density at radius 2 is 2.16 bits per heavy atom. The van der Waals surface area contributed by atoms with E-state index in [1.165, 1.54) is 6.92 Å². The molecule has 2 atom stereocenters. The first-order valence-electron chi connectivity index (χ1n) is 7.95. The topological polar surface area (TPSA) is 56.8 Å². The van der Waals surface area contributed by atoms with Crippen LogP contribution in [0.3, 0.4) is 0 Å². The Hall–Kier alpha value is -2.06. The lowest BCUT2D eigenvalue weighted by Gasteiger charge is -2.36. The predicted octanol–water partition coefficient (Wildman–Crippen LogP) is 2.44. The minimum Gasteiger partial charge on any atom is -0.308 e. The molecule has 6 nitrogen and oxygen atoms in total. The third kappa shape index (κ3) is 3.80. The second-order valence-corrected chi connectivity index (χ2v) is 6.69. The molecule has 0 bridgehead atoms. The normalized spacial score (nSPS) is 23.1. The molecule has 3 rings (SSSR count). The number of hydrogen-bond donors (Lipinski definition) is 0. The first kappa shape index (κ1) is 17.8. The maximum atomic E-state index is 14.1. The van der Waals surface area contributed by atoms with Gasteiger partial charge in [0.1, 0.15) is 22.6 Å². The van der Waals surface area contributed by atoms with Crippen molar-refractivity contribution in [2.45, 2.75) is 25.6 Å². The lowest BCUT2D eigenvalue weighted by atomic mass is 10.2. The van der Waals surface area contributed by atoms with Gasteiger partial charge < -0.3 is 5.01 Å². The molecule has 0 N–H and O–H groups in total. The molecule has 1 aromatic rings. The van der Waals surface area contributed by atoms with Gasteiger partial charge in [-0.15, -0.1) is 0 Å². The van der Waals surface area contributed by atoms with Crippen LogP contribution in [0.25, 0.3) is 0 Å². The van der Waals surface area contributed by atoms with Gasteiger partial charge in [0, 0.05) is 19.5 Å². The van der Waals surface area contributed by atoms with Gasteiger partial charge in [-0.2, -0.15) is 0 Å². The Balaban J connectivity index is 1.88. The first-order valence-corrected chi connectivity index (χ1v) is 8.74. The van der Waals surface area contributed by atoms with Crippen LogP contribution >= 0.6 is 15.9 Å². The summed E-state index contributed by atoms with van der Waals surface area (Å²) < 4.78 is 14.6. The predicted molar refractivity (Wildman–Crippen MR) is 95.1 cm³/mol. The van der Waals surface area contributed by atoms with Gasteiger partial charge in [-0.3, -0.25) is 9.59 Å². The van der Waals surface area contributed by atoms with Gasteiger partial charge in [0.05, 0.1) is 13.1 Å². The van der Waals surface area contributed by atoms with E-state index in [1.54, 1.807) is 34.4 Å². The minimum absolute atomic E-state index is 0.0463. The van der Waals surface area contributed by atoms with E-state index in [-0.39, 0.29) is 18.8 Å². The molecule has 0 saturated carbocycles. The van der Waals surface area contributed by atoms with Crippen LogP contribution in [0.5, 0.6) is 0 Å². The second kappa shape index (κ2) is 7.45. The zero-order valence-electron chi connectivity index (χ0n) is 13.7. The maximum Gasteiger partial charge on any atom is 0.254 e. The fraction of sp³-hybridized carbons (Fsp3) is 0.353. The fourth-order valence-electron chi connectivity index (χ4n) is 3.03. The molecule has 2 aliphatic rings. The van der Waals surface area contributed by atoms with Crippen molar-refractivity contribution in [1.29, 1.82) is 0 Å². The summed E-state index contributed by atoms with van der Waals surface area (Å²) in [5.41, 5.74) is 0. The van der Waals surface area contributed by atoms with Crippen molar-refractivity contribution in [3.63, 3.8) is 0 Å². The van der Waals surface area contributed by atoms with Crippen LogP contribution in [0.4, 0.5) is 10.2 Å². The number of anilines is 1. The molecule has 3 heterocycles. The highest BCUT2D eigenvalue weighted by atomic mass is 79.9. The summed E-state index contributed by atoms with van der Waals surface area (Å²) in [4.78, 5) is 30.4.